The van der Waals surface area contributed by atoms with E-state index in [4.69, 9.17) is 4.74 Å². The monoisotopic (exact) mass is 181 g/mol. The Morgan fingerprint density at radius 1 is 1.38 bits per heavy atom. The minimum atomic E-state index is 0.618. The van der Waals surface area contributed by atoms with Crippen LogP contribution in [0.1, 0.15) is 26.2 Å². The Bertz CT molecular complexity index is 177. The second kappa shape index (κ2) is 4.25. The molecule has 13 heavy (non-hydrogen) atoms. The first-order valence-electron chi connectivity index (χ1n) is 5.35. The second-order valence-electron chi connectivity index (χ2n) is 4.22. The maximum atomic E-state index is 5.39. The lowest BCUT2D eigenvalue weighted by Gasteiger charge is -2.23. The highest BCUT2D eigenvalue weighted by Gasteiger charge is 2.24. The van der Waals surface area contributed by atoms with E-state index in [1.165, 1.54) is 19.3 Å². The Morgan fingerprint density at radius 3 is 2.77 bits per heavy atom. The van der Waals surface area contributed by atoms with Crippen molar-refractivity contribution in [1.82, 2.24) is 5.32 Å². The van der Waals surface area contributed by atoms with Crippen LogP contribution in [0.15, 0.2) is 12.2 Å². The van der Waals surface area contributed by atoms with Crippen LogP contribution in [-0.4, -0.2) is 25.3 Å². The van der Waals surface area contributed by atoms with Crippen molar-refractivity contribution < 1.29 is 4.74 Å². The molecule has 0 aromatic heterocycles. The van der Waals surface area contributed by atoms with Crippen LogP contribution in [0, 0.1) is 5.92 Å². The van der Waals surface area contributed by atoms with Crippen molar-refractivity contribution >= 4 is 0 Å². The first kappa shape index (κ1) is 9.22. The second-order valence-corrected chi connectivity index (χ2v) is 4.22. The third-order valence-electron chi connectivity index (χ3n) is 3.18. The standard InChI is InChI=1S/C11H19NO/c1-9(10-6-7-13-8-10)12-11-4-2-3-5-11/h2-3,9-12H,4-8H2,1H3. The molecule has 1 saturated heterocycles. The van der Waals surface area contributed by atoms with Crippen LogP contribution < -0.4 is 5.32 Å². The average Bonchev–Trinajstić information content (AvgIpc) is 2.74. The zero-order chi connectivity index (χ0) is 9.10. The highest BCUT2D eigenvalue weighted by Crippen LogP contribution is 2.19. The molecule has 2 atom stereocenters. The molecule has 1 heterocycles. The van der Waals surface area contributed by atoms with E-state index in [-0.39, 0.29) is 0 Å². The fourth-order valence-corrected chi connectivity index (χ4v) is 2.21. The van der Waals surface area contributed by atoms with Crippen LogP contribution >= 0.6 is 0 Å². The minimum absolute atomic E-state index is 0.618. The molecular weight excluding hydrogens is 162 g/mol. The van der Waals surface area contributed by atoms with Gasteiger partial charge < -0.3 is 10.1 Å². The van der Waals surface area contributed by atoms with E-state index in [2.05, 4.69) is 24.4 Å². The van der Waals surface area contributed by atoms with Crippen LogP contribution in [0.3, 0.4) is 0 Å². The first-order chi connectivity index (χ1) is 6.36. The number of ether oxygens (including phenoxy) is 1. The van der Waals surface area contributed by atoms with Crippen LogP contribution in [0.2, 0.25) is 0 Å². The molecule has 1 aliphatic heterocycles. The lowest BCUT2D eigenvalue weighted by atomic mass is 9.99. The molecule has 1 N–H and O–H groups in total. The third kappa shape index (κ3) is 2.32. The number of hydrogen-bond acceptors (Lipinski definition) is 2. The Morgan fingerprint density at radius 2 is 2.15 bits per heavy atom. The third-order valence-corrected chi connectivity index (χ3v) is 3.18. The average molecular weight is 181 g/mol. The van der Waals surface area contributed by atoms with Crippen LogP contribution in [0.4, 0.5) is 0 Å². The molecule has 0 aromatic carbocycles. The van der Waals surface area contributed by atoms with E-state index in [1.54, 1.807) is 0 Å². The summed E-state index contributed by atoms with van der Waals surface area (Å²) in [6, 6.07) is 1.31. The van der Waals surface area contributed by atoms with Gasteiger partial charge >= 0.3 is 0 Å². The van der Waals surface area contributed by atoms with Gasteiger partial charge in [-0.3, -0.25) is 0 Å². The Labute approximate surface area is 80.4 Å². The van der Waals surface area contributed by atoms with Gasteiger partial charge in [-0.2, -0.15) is 0 Å². The van der Waals surface area contributed by atoms with Crippen molar-refractivity contribution in [2.75, 3.05) is 13.2 Å². The highest BCUT2D eigenvalue weighted by molar-refractivity contribution is 4.98. The highest BCUT2D eigenvalue weighted by atomic mass is 16.5. The summed E-state index contributed by atoms with van der Waals surface area (Å²) in [5.41, 5.74) is 0. The van der Waals surface area contributed by atoms with Gasteiger partial charge in [-0.15, -0.1) is 0 Å². The number of rotatable bonds is 3. The summed E-state index contributed by atoms with van der Waals surface area (Å²) in [5, 5.41) is 3.68. The van der Waals surface area contributed by atoms with Gasteiger partial charge in [0.15, 0.2) is 0 Å². The zero-order valence-electron chi connectivity index (χ0n) is 8.33. The zero-order valence-corrected chi connectivity index (χ0v) is 8.33. The van der Waals surface area contributed by atoms with Crippen molar-refractivity contribution in [1.29, 1.82) is 0 Å². The van der Waals surface area contributed by atoms with Crippen LogP contribution in [0.5, 0.6) is 0 Å². The lowest BCUT2D eigenvalue weighted by Crippen LogP contribution is -2.40. The van der Waals surface area contributed by atoms with E-state index in [9.17, 15) is 0 Å². The minimum Gasteiger partial charge on any atom is -0.381 e. The predicted octanol–water partition coefficient (Wildman–Crippen LogP) is 1.72. The van der Waals surface area contributed by atoms with Gasteiger partial charge in [-0.05, 0) is 32.1 Å². The number of hydrogen-bond donors (Lipinski definition) is 1. The SMILES string of the molecule is CC(NC1CC=CC1)C1CCOC1. The van der Waals surface area contributed by atoms with Crippen LogP contribution in [0.25, 0.3) is 0 Å². The molecule has 2 unspecified atom stereocenters. The summed E-state index contributed by atoms with van der Waals surface area (Å²) in [6.45, 7) is 4.20. The topological polar surface area (TPSA) is 21.3 Å². The molecule has 74 valence electrons. The van der Waals surface area contributed by atoms with Crippen molar-refractivity contribution in [2.24, 2.45) is 5.92 Å². The van der Waals surface area contributed by atoms with Crippen molar-refractivity contribution in [3.05, 3.63) is 12.2 Å². The largest absolute Gasteiger partial charge is 0.381 e. The number of nitrogens with one attached hydrogen (secondary N) is 1. The summed E-state index contributed by atoms with van der Waals surface area (Å²) in [4.78, 5) is 0. The smallest absolute Gasteiger partial charge is 0.0509 e. The van der Waals surface area contributed by atoms with Gasteiger partial charge in [0.1, 0.15) is 0 Å². The Hall–Kier alpha value is -0.340. The van der Waals surface area contributed by atoms with Crippen LogP contribution in [-0.2, 0) is 4.74 Å². The van der Waals surface area contributed by atoms with Crippen molar-refractivity contribution in [2.45, 2.75) is 38.3 Å². The fourth-order valence-electron chi connectivity index (χ4n) is 2.21. The lowest BCUT2D eigenvalue weighted by molar-refractivity contribution is 0.176. The molecule has 0 spiro atoms. The normalized spacial score (nSPS) is 31.3. The van der Waals surface area contributed by atoms with Gasteiger partial charge in [0.2, 0.25) is 0 Å². The first-order valence-corrected chi connectivity index (χ1v) is 5.35. The molecule has 2 rings (SSSR count). The summed E-state index contributed by atoms with van der Waals surface area (Å²) < 4.78 is 5.39. The molecule has 2 aliphatic rings. The Kier molecular flexibility index (Phi) is 3.01. The predicted molar refractivity (Wildman–Crippen MR) is 53.7 cm³/mol. The van der Waals surface area contributed by atoms with Crippen molar-refractivity contribution in [3.8, 4) is 0 Å². The summed E-state index contributed by atoms with van der Waals surface area (Å²) in [7, 11) is 0. The van der Waals surface area contributed by atoms with E-state index in [0.29, 0.717) is 12.1 Å². The molecule has 0 radical (unpaired) electrons. The fraction of sp³-hybridized carbons (Fsp3) is 0.818. The summed E-state index contributed by atoms with van der Waals surface area (Å²) in [5.74, 6) is 0.737. The molecular formula is C11H19NO. The van der Waals surface area contributed by atoms with E-state index >= 15 is 0 Å². The van der Waals surface area contributed by atoms with Gasteiger partial charge in [-0.1, -0.05) is 12.2 Å². The van der Waals surface area contributed by atoms with Gasteiger partial charge in [-0.25, -0.2) is 0 Å². The van der Waals surface area contributed by atoms with Gasteiger partial charge in [0, 0.05) is 18.7 Å². The Balaban J connectivity index is 1.73. The molecule has 1 fully saturated rings. The van der Waals surface area contributed by atoms with Gasteiger partial charge in [0.05, 0.1) is 6.61 Å². The summed E-state index contributed by atoms with van der Waals surface area (Å²) >= 11 is 0. The molecule has 2 heteroatoms. The maximum absolute atomic E-state index is 5.39. The maximum Gasteiger partial charge on any atom is 0.0509 e. The summed E-state index contributed by atoms with van der Waals surface area (Å²) in [6.07, 6.45) is 8.19. The quantitative estimate of drug-likeness (QED) is 0.669. The van der Waals surface area contributed by atoms with E-state index < -0.39 is 0 Å². The molecule has 0 saturated carbocycles. The molecule has 0 aromatic rings. The molecule has 1 aliphatic carbocycles. The molecule has 0 bridgehead atoms. The van der Waals surface area contributed by atoms with Crippen molar-refractivity contribution in [3.63, 3.8) is 0 Å². The molecule has 2 nitrogen and oxygen atoms in total. The van der Waals surface area contributed by atoms with E-state index in [0.717, 1.165) is 19.1 Å². The van der Waals surface area contributed by atoms with Gasteiger partial charge in [0.25, 0.3) is 0 Å². The molecule has 0 amide bonds. The van der Waals surface area contributed by atoms with E-state index in [1.807, 2.05) is 0 Å².